The fraction of sp³-hybridized carbons (Fsp3) is 0.833. The normalized spacial score (nSPS) is 32.4. The van der Waals surface area contributed by atoms with Crippen LogP contribution >= 0.6 is 11.5 Å². The number of morpholine rings is 1. The Morgan fingerprint density at radius 2 is 2.28 bits per heavy atom. The first-order chi connectivity index (χ1) is 8.88. The van der Waals surface area contributed by atoms with Gasteiger partial charge in [-0.25, -0.2) is 4.98 Å². The molecule has 0 amide bonds. The molecule has 3 aliphatic rings. The summed E-state index contributed by atoms with van der Waals surface area (Å²) in [4.78, 5) is 7.10. The Morgan fingerprint density at radius 1 is 1.33 bits per heavy atom. The molecule has 2 atom stereocenters. The Kier molecular flexibility index (Phi) is 2.74. The summed E-state index contributed by atoms with van der Waals surface area (Å²) >= 11 is 1.47. The van der Waals surface area contributed by atoms with Crippen molar-refractivity contribution in [1.82, 2.24) is 14.3 Å². The van der Waals surface area contributed by atoms with Gasteiger partial charge in [-0.3, -0.25) is 4.90 Å². The average molecular weight is 266 g/mol. The van der Waals surface area contributed by atoms with E-state index in [1.807, 2.05) is 0 Å². The molecule has 0 radical (unpaired) electrons. The molecule has 1 N–H and O–H groups in total. The Morgan fingerprint density at radius 3 is 3.17 bits per heavy atom. The number of ether oxygens (including phenoxy) is 1. The predicted molar refractivity (Wildman–Crippen MR) is 69.8 cm³/mol. The summed E-state index contributed by atoms with van der Waals surface area (Å²) in [5, 5.41) is 4.36. The lowest BCUT2D eigenvalue weighted by molar-refractivity contribution is -0.0535. The first kappa shape index (κ1) is 11.1. The van der Waals surface area contributed by atoms with Crippen molar-refractivity contribution in [1.29, 1.82) is 0 Å². The van der Waals surface area contributed by atoms with E-state index in [0.29, 0.717) is 12.1 Å². The van der Waals surface area contributed by atoms with Crippen LogP contribution < -0.4 is 5.32 Å². The molecule has 3 fully saturated rings. The highest BCUT2D eigenvalue weighted by Crippen LogP contribution is 2.31. The highest BCUT2D eigenvalue weighted by molar-refractivity contribution is 7.09. The van der Waals surface area contributed by atoms with E-state index in [-0.39, 0.29) is 6.10 Å². The summed E-state index contributed by atoms with van der Waals surface area (Å²) in [5.41, 5.74) is 0. The third kappa shape index (κ3) is 2.13. The zero-order chi connectivity index (χ0) is 11.9. The maximum Gasteiger partial charge on any atom is 0.202 e. The first-order valence-corrected chi connectivity index (χ1v) is 7.61. The molecular weight excluding hydrogens is 248 g/mol. The van der Waals surface area contributed by atoms with Crippen LogP contribution in [-0.2, 0) is 4.74 Å². The minimum atomic E-state index is 0.0744. The minimum Gasteiger partial charge on any atom is -0.367 e. The molecule has 0 spiro atoms. The number of nitrogens with zero attached hydrogens (tertiary/aromatic N) is 3. The molecule has 4 rings (SSSR count). The van der Waals surface area contributed by atoms with Crippen LogP contribution in [0.1, 0.15) is 37.6 Å². The number of hydrogen-bond donors (Lipinski definition) is 1. The van der Waals surface area contributed by atoms with Crippen LogP contribution in [0.15, 0.2) is 0 Å². The van der Waals surface area contributed by atoms with Gasteiger partial charge in [0.1, 0.15) is 6.10 Å². The zero-order valence-electron chi connectivity index (χ0n) is 10.3. The third-order valence-corrected chi connectivity index (χ3v) is 4.68. The highest BCUT2D eigenvalue weighted by atomic mass is 32.1. The molecule has 2 saturated heterocycles. The number of hydrogen-bond acceptors (Lipinski definition) is 6. The van der Waals surface area contributed by atoms with Gasteiger partial charge in [-0.05, 0) is 32.2 Å². The summed E-state index contributed by atoms with van der Waals surface area (Å²) in [6.45, 7) is 3.02. The molecule has 18 heavy (non-hydrogen) atoms. The molecule has 3 heterocycles. The quantitative estimate of drug-likeness (QED) is 0.901. The van der Waals surface area contributed by atoms with Gasteiger partial charge in [0.2, 0.25) is 5.13 Å². The van der Waals surface area contributed by atoms with E-state index in [4.69, 9.17) is 4.74 Å². The second kappa shape index (κ2) is 4.43. The maximum absolute atomic E-state index is 5.92. The molecule has 1 aromatic heterocycles. The smallest absolute Gasteiger partial charge is 0.202 e. The third-order valence-electron chi connectivity index (χ3n) is 4.02. The molecule has 0 bridgehead atoms. The van der Waals surface area contributed by atoms with Crippen LogP contribution in [0.5, 0.6) is 0 Å². The Balaban J connectivity index is 1.44. The number of anilines is 1. The van der Waals surface area contributed by atoms with E-state index in [1.165, 1.54) is 43.8 Å². The number of nitrogens with one attached hydrogen (secondary N) is 1. The van der Waals surface area contributed by atoms with Crippen molar-refractivity contribution in [2.75, 3.05) is 25.0 Å². The number of rotatable bonds is 3. The van der Waals surface area contributed by atoms with Crippen molar-refractivity contribution in [3.63, 3.8) is 0 Å². The lowest BCUT2D eigenvalue weighted by atomic mass is 10.2. The second-order valence-corrected chi connectivity index (χ2v) is 6.24. The van der Waals surface area contributed by atoms with Crippen molar-refractivity contribution < 1.29 is 4.74 Å². The van der Waals surface area contributed by atoms with Gasteiger partial charge in [0.25, 0.3) is 0 Å². The van der Waals surface area contributed by atoms with Gasteiger partial charge in [0.05, 0.1) is 6.61 Å². The summed E-state index contributed by atoms with van der Waals surface area (Å²) in [5.74, 6) is 0.869. The van der Waals surface area contributed by atoms with Gasteiger partial charge < -0.3 is 10.1 Å². The van der Waals surface area contributed by atoms with Crippen molar-refractivity contribution in [3.05, 3.63) is 5.82 Å². The predicted octanol–water partition coefficient (Wildman–Crippen LogP) is 1.65. The van der Waals surface area contributed by atoms with Crippen molar-refractivity contribution in [2.24, 2.45) is 0 Å². The molecule has 1 aliphatic carbocycles. The van der Waals surface area contributed by atoms with Crippen LogP contribution in [0.4, 0.5) is 5.13 Å². The van der Waals surface area contributed by atoms with E-state index in [9.17, 15) is 0 Å². The summed E-state index contributed by atoms with van der Waals surface area (Å²) in [6.07, 6.45) is 5.20. The summed E-state index contributed by atoms with van der Waals surface area (Å²) in [6, 6.07) is 1.28. The second-order valence-electron chi connectivity index (χ2n) is 5.49. The molecule has 0 aromatic carbocycles. The fourth-order valence-corrected chi connectivity index (χ4v) is 3.49. The van der Waals surface area contributed by atoms with Crippen LogP contribution in [-0.4, -0.2) is 46.0 Å². The van der Waals surface area contributed by atoms with E-state index in [0.717, 1.165) is 24.1 Å². The lowest BCUT2D eigenvalue weighted by Gasteiger charge is -2.33. The SMILES string of the molecule is C1CC2COC(c3nsc(NC4CC4)n3)CN2C1. The monoisotopic (exact) mass is 266 g/mol. The van der Waals surface area contributed by atoms with E-state index in [1.54, 1.807) is 0 Å². The van der Waals surface area contributed by atoms with Crippen molar-refractivity contribution in [3.8, 4) is 0 Å². The Hall–Kier alpha value is -0.720. The molecular formula is C12H18N4OS. The molecule has 2 aliphatic heterocycles. The molecule has 2 unspecified atom stereocenters. The van der Waals surface area contributed by atoms with Crippen molar-refractivity contribution in [2.45, 2.75) is 43.9 Å². The zero-order valence-corrected chi connectivity index (χ0v) is 11.2. The topological polar surface area (TPSA) is 50.3 Å². The van der Waals surface area contributed by atoms with Gasteiger partial charge in [-0.15, -0.1) is 0 Å². The summed E-state index contributed by atoms with van der Waals surface area (Å²) < 4.78 is 10.4. The van der Waals surface area contributed by atoms with Crippen molar-refractivity contribution >= 4 is 16.7 Å². The molecule has 5 nitrogen and oxygen atoms in total. The minimum absolute atomic E-state index is 0.0744. The first-order valence-electron chi connectivity index (χ1n) is 6.84. The van der Waals surface area contributed by atoms with Crippen LogP contribution in [0.25, 0.3) is 0 Å². The molecule has 1 aromatic rings. The van der Waals surface area contributed by atoms with Gasteiger partial charge in [-0.1, -0.05) is 0 Å². The lowest BCUT2D eigenvalue weighted by Crippen LogP contribution is -2.42. The van der Waals surface area contributed by atoms with Crippen LogP contribution in [0, 0.1) is 0 Å². The van der Waals surface area contributed by atoms with Crippen LogP contribution in [0.2, 0.25) is 0 Å². The molecule has 6 heteroatoms. The van der Waals surface area contributed by atoms with Gasteiger partial charge in [0, 0.05) is 30.2 Å². The standard InChI is InChI=1S/C12H18N4OS/c1-2-9-7-17-10(6-16(9)5-1)11-14-12(18-15-11)13-8-3-4-8/h8-10H,1-7H2,(H,13,14,15). The Bertz CT molecular complexity index is 433. The summed E-state index contributed by atoms with van der Waals surface area (Å²) in [7, 11) is 0. The van der Waals surface area contributed by atoms with Gasteiger partial charge in [-0.2, -0.15) is 4.37 Å². The Labute approximate surface area is 111 Å². The fourth-order valence-electron chi connectivity index (χ4n) is 2.80. The molecule has 1 saturated carbocycles. The van der Waals surface area contributed by atoms with Gasteiger partial charge >= 0.3 is 0 Å². The van der Waals surface area contributed by atoms with E-state index in [2.05, 4.69) is 19.6 Å². The molecule has 98 valence electrons. The largest absolute Gasteiger partial charge is 0.367 e. The number of aromatic nitrogens is 2. The highest BCUT2D eigenvalue weighted by Gasteiger charge is 2.34. The van der Waals surface area contributed by atoms with Gasteiger partial charge in [0.15, 0.2) is 5.82 Å². The number of fused-ring (bicyclic) bond motifs is 1. The maximum atomic E-state index is 5.92. The van der Waals surface area contributed by atoms with E-state index >= 15 is 0 Å². The van der Waals surface area contributed by atoms with E-state index < -0.39 is 0 Å². The van der Waals surface area contributed by atoms with Crippen LogP contribution in [0.3, 0.4) is 0 Å². The average Bonchev–Trinajstić information content (AvgIpc) is 2.91.